The SMILES string of the molecule is CC(C)C(=O)NC[C@H]1O[C@H](Cc2cc(CN3CCOCC3)on2)CC[C@@H]1O. The normalized spacial score (nSPS) is 27.0. The third-order valence-electron chi connectivity index (χ3n) is 5.11. The molecule has 3 heterocycles. The molecule has 0 spiro atoms. The lowest BCUT2D eigenvalue weighted by Crippen LogP contribution is -2.47. The quantitative estimate of drug-likeness (QED) is 0.719. The smallest absolute Gasteiger partial charge is 0.222 e. The van der Waals surface area contributed by atoms with Crippen LogP contribution in [-0.4, -0.2) is 72.2 Å². The molecule has 2 aliphatic rings. The summed E-state index contributed by atoms with van der Waals surface area (Å²) in [7, 11) is 0. The number of hydrogen-bond acceptors (Lipinski definition) is 7. The number of carbonyl (C=O) groups is 1. The van der Waals surface area contributed by atoms with Crippen molar-refractivity contribution in [2.45, 2.75) is 58.0 Å². The van der Waals surface area contributed by atoms with Crippen LogP contribution in [0, 0.1) is 5.92 Å². The van der Waals surface area contributed by atoms with Gasteiger partial charge in [-0.05, 0) is 12.8 Å². The standard InChI is InChI=1S/C19H31N3O5/c1-13(2)19(24)20-11-18-17(23)4-3-15(26-18)9-14-10-16(27-21-14)12-22-5-7-25-8-6-22/h10,13,15,17-18,23H,3-9,11-12H2,1-2H3,(H,20,24)/t15-,17-,18+/m0/s1. The Morgan fingerprint density at radius 3 is 2.89 bits per heavy atom. The van der Waals surface area contributed by atoms with Crippen molar-refractivity contribution in [1.29, 1.82) is 0 Å². The minimum absolute atomic E-state index is 0.0304. The van der Waals surface area contributed by atoms with Crippen LogP contribution in [0.2, 0.25) is 0 Å². The molecule has 0 radical (unpaired) electrons. The van der Waals surface area contributed by atoms with Crippen LogP contribution in [0.15, 0.2) is 10.6 Å². The van der Waals surface area contributed by atoms with Crippen LogP contribution in [0.25, 0.3) is 0 Å². The second-order valence-corrected chi connectivity index (χ2v) is 7.72. The summed E-state index contributed by atoms with van der Waals surface area (Å²) in [5, 5.41) is 17.2. The van der Waals surface area contributed by atoms with Crippen molar-refractivity contribution in [1.82, 2.24) is 15.4 Å². The summed E-state index contributed by atoms with van der Waals surface area (Å²) in [6.07, 6.45) is 1.10. The van der Waals surface area contributed by atoms with Crippen LogP contribution in [0.1, 0.15) is 38.1 Å². The number of rotatable bonds is 7. The van der Waals surface area contributed by atoms with Gasteiger partial charge in [-0.2, -0.15) is 0 Å². The number of aliphatic hydroxyl groups is 1. The molecule has 27 heavy (non-hydrogen) atoms. The highest BCUT2D eigenvalue weighted by molar-refractivity contribution is 5.77. The van der Waals surface area contributed by atoms with Gasteiger partial charge in [-0.1, -0.05) is 19.0 Å². The van der Waals surface area contributed by atoms with E-state index in [0.717, 1.165) is 50.7 Å². The summed E-state index contributed by atoms with van der Waals surface area (Å²) in [6.45, 7) is 8.08. The molecule has 0 bridgehead atoms. The number of hydrogen-bond donors (Lipinski definition) is 2. The molecule has 3 rings (SSSR count). The van der Waals surface area contributed by atoms with E-state index in [2.05, 4.69) is 15.4 Å². The summed E-state index contributed by atoms with van der Waals surface area (Å²) in [6, 6.07) is 1.99. The number of amides is 1. The summed E-state index contributed by atoms with van der Waals surface area (Å²) in [5.41, 5.74) is 0.865. The molecule has 0 unspecified atom stereocenters. The van der Waals surface area contributed by atoms with Crippen LogP contribution in [0.5, 0.6) is 0 Å². The minimum atomic E-state index is -0.553. The highest BCUT2D eigenvalue weighted by Gasteiger charge is 2.31. The molecule has 3 atom stereocenters. The molecule has 0 aliphatic carbocycles. The summed E-state index contributed by atoms with van der Waals surface area (Å²) in [5.74, 6) is 0.738. The first-order chi connectivity index (χ1) is 13.0. The van der Waals surface area contributed by atoms with Gasteiger partial charge in [-0.25, -0.2) is 0 Å². The highest BCUT2D eigenvalue weighted by Crippen LogP contribution is 2.23. The van der Waals surface area contributed by atoms with Gasteiger partial charge in [-0.3, -0.25) is 9.69 Å². The summed E-state index contributed by atoms with van der Waals surface area (Å²) in [4.78, 5) is 14.0. The molecular formula is C19H31N3O5. The lowest BCUT2D eigenvalue weighted by atomic mass is 9.98. The van der Waals surface area contributed by atoms with Gasteiger partial charge in [0.2, 0.25) is 5.91 Å². The third-order valence-corrected chi connectivity index (χ3v) is 5.11. The second-order valence-electron chi connectivity index (χ2n) is 7.72. The van der Waals surface area contributed by atoms with E-state index < -0.39 is 6.10 Å². The number of morpholine rings is 1. The van der Waals surface area contributed by atoms with Crippen molar-refractivity contribution < 1.29 is 23.9 Å². The van der Waals surface area contributed by atoms with Gasteiger partial charge in [0.1, 0.15) is 6.10 Å². The Hall–Kier alpha value is -1.48. The minimum Gasteiger partial charge on any atom is -0.390 e. The molecule has 1 aromatic heterocycles. The maximum atomic E-state index is 11.7. The molecule has 2 fully saturated rings. The molecule has 8 nitrogen and oxygen atoms in total. The van der Waals surface area contributed by atoms with Crippen molar-refractivity contribution in [3.8, 4) is 0 Å². The molecule has 152 valence electrons. The second kappa shape index (κ2) is 9.64. The summed E-state index contributed by atoms with van der Waals surface area (Å²) >= 11 is 0. The molecule has 0 saturated carbocycles. The fraction of sp³-hybridized carbons (Fsp3) is 0.789. The van der Waals surface area contributed by atoms with E-state index in [9.17, 15) is 9.90 Å². The van der Waals surface area contributed by atoms with Crippen molar-refractivity contribution in [2.75, 3.05) is 32.8 Å². The summed E-state index contributed by atoms with van der Waals surface area (Å²) < 4.78 is 16.8. The number of carbonyl (C=O) groups excluding carboxylic acids is 1. The first-order valence-electron chi connectivity index (χ1n) is 9.87. The molecule has 2 N–H and O–H groups in total. The Labute approximate surface area is 160 Å². The number of aliphatic hydroxyl groups excluding tert-OH is 1. The van der Waals surface area contributed by atoms with Gasteiger partial charge in [-0.15, -0.1) is 0 Å². The Balaban J connectivity index is 1.47. The van der Waals surface area contributed by atoms with Crippen molar-refractivity contribution >= 4 is 5.91 Å². The van der Waals surface area contributed by atoms with Crippen LogP contribution >= 0.6 is 0 Å². The zero-order chi connectivity index (χ0) is 19.2. The molecule has 2 aliphatic heterocycles. The van der Waals surface area contributed by atoms with Gasteiger partial charge < -0.3 is 24.4 Å². The average molecular weight is 381 g/mol. The fourth-order valence-corrected chi connectivity index (χ4v) is 3.43. The van der Waals surface area contributed by atoms with Crippen molar-refractivity contribution in [3.05, 3.63) is 17.5 Å². The molecule has 1 amide bonds. The van der Waals surface area contributed by atoms with E-state index in [0.29, 0.717) is 19.4 Å². The average Bonchev–Trinajstić information content (AvgIpc) is 3.09. The van der Waals surface area contributed by atoms with E-state index >= 15 is 0 Å². The van der Waals surface area contributed by atoms with Crippen LogP contribution in [-0.2, 0) is 27.2 Å². The topological polar surface area (TPSA) is 97.1 Å². The predicted molar refractivity (Wildman–Crippen MR) is 98.1 cm³/mol. The van der Waals surface area contributed by atoms with Crippen molar-refractivity contribution in [3.63, 3.8) is 0 Å². The first kappa shape index (κ1) is 20.3. The van der Waals surface area contributed by atoms with Gasteiger partial charge in [0.05, 0.1) is 37.7 Å². The van der Waals surface area contributed by atoms with Gasteiger partial charge in [0.25, 0.3) is 0 Å². The monoisotopic (exact) mass is 381 g/mol. The zero-order valence-corrected chi connectivity index (χ0v) is 16.2. The van der Waals surface area contributed by atoms with E-state index in [4.69, 9.17) is 14.0 Å². The van der Waals surface area contributed by atoms with Crippen LogP contribution in [0.4, 0.5) is 0 Å². The predicted octanol–water partition coefficient (Wildman–Crippen LogP) is 0.730. The zero-order valence-electron chi connectivity index (χ0n) is 16.2. The fourth-order valence-electron chi connectivity index (χ4n) is 3.43. The Kier molecular flexibility index (Phi) is 7.23. The maximum Gasteiger partial charge on any atom is 0.222 e. The van der Waals surface area contributed by atoms with Gasteiger partial charge in [0.15, 0.2) is 5.76 Å². The first-order valence-corrected chi connectivity index (χ1v) is 9.87. The van der Waals surface area contributed by atoms with Crippen molar-refractivity contribution in [2.24, 2.45) is 5.92 Å². The number of nitrogens with zero attached hydrogens (tertiary/aromatic N) is 2. The van der Waals surface area contributed by atoms with Crippen LogP contribution < -0.4 is 5.32 Å². The molecule has 0 aromatic carbocycles. The molecule has 1 aromatic rings. The largest absolute Gasteiger partial charge is 0.390 e. The van der Waals surface area contributed by atoms with E-state index in [-0.39, 0.29) is 24.0 Å². The highest BCUT2D eigenvalue weighted by atomic mass is 16.5. The maximum absolute atomic E-state index is 11.7. The number of nitrogens with one attached hydrogen (secondary N) is 1. The lowest BCUT2D eigenvalue weighted by Gasteiger charge is -2.34. The Morgan fingerprint density at radius 2 is 2.15 bits per heavy atom. The van der Waals surface area contributed by atoms with Crippen LogP contribution in [0.3, 0.4) is 0 Å². The Bertz CT molecular complexity index is 600. The molecular weight excluding hydrogens is 350 g/mol. The van der Waals surface area contributed by atoms with E-state index in [1.165, 1.54) is 0 Å². The molecule has 2 saturated heterocycles. The van der Waals surface area contributed by atoms with E-state index in [1.54, 1.807) is 0 Å². The molecule has 8 heteroatoms. The lowest BCUT2D eigenvalue weighted by molar-refractivity contribution is -0.131. The Morgan fingerprint density at radius 1 is 1.37 bits per heavy atom. The third kappa shape index (κ3) is 6.00. The number of aromatic nitrogens is 1. The van der Waals surface area contributed by atoms with Gasteiger partial charge in [0, 0.05) is 38.0 Å². The van der Waals surface area contributed by atoms with Gasteiger partial charge >= 0.3 is 0 Å². The number of ether oxygens (including phenoxy) is 2. The van der Waals surface area contributed by atoms with E-state index in [1.807, 2.05) is 19.9 Å².